The molecule has 126 valence electrons. The molecule has 2 N–H and O–H groups in total. The van der Waals surface area contributed by atoms with Gasteiger partial charge in [0.2, 0.25) is 0 Å². The number of amides is 1. The number of benzene rings is 3. The van der Waals surface area contributed by atoms with Crippen LogP contribution in [0, 0.1) is 0 Å². The summed E-state index contributed by atoms with van der Waals surface area (Å²) >= 11 is 0. The number of esters is 1. The first-order valence-corrected chi connectivity index (χ1v) is 7.51. The van der Waals surface area contributed by atoms with Gasteiger partial charge in [-0.15, -0.1) is 0 Å². The molecular formula is C19H15NO5. The van der Waals surface area contributed by atoms with E-state index in [2.05, 4.69) is 5.32 Å². The van der Waals surface area contributed by atoms with Crippen LogP contribution in [0.2, 0.25) is 0 Å². The van der Waals surface area contributed by atoms with Gasteiger partial charge in [0.05, 0.1) is 5.69 Å². The van der Waals surface area contributed by atoms with Crippen molar-refractivity contribution in [3.63, 3.8) is 0 Å². The Kier molecular flexibility index (Phi) is 4.52. The van der Waals surface area contributed by atoms with Gasteiger partial charge in [0.15, 0.2) is 0 Å². The van der Waals surface area contributed by atoms with Gasteiger partial charge in [-0.2, -0.15) is 0 Å². The summed E-state index contributed by atoms with van der Waals surface area (Å²) in [5, 5.41) is 13.9. The lowest BCUT2D eigenvalue weighted by Crippen LogP contribution is -2.16. The van der Waals surface area contributed by atoms with Gasteiger partial charge in [0.25, 0.3) is 0 Å². The van der Waals surface area contributed by atoms with E-state index in [0.29, 0.717) is 28.0 Å². The molecule has 1 amide bonds. The first kappa shape index (κ1) is 16.3. The van der Waals surface area contributed by atoms with Gasteiger partial charge in [0.1, 0.15) is 17.2 Å². The number of aromatic hydroxyl groups is 1. The number of phenols is 1. The lowest BCUT2D eigenvalue weighted by atomic mass is 10.1. The lowest BCUT2D eigenvalue weighted by molar-refractivity contribution is -0.131. The molecule has 0 radical (unpaired) electrons. The molecule has 0 aliphatic carbocycles. The van der Waals surface area contributed by atoms with Crippen molar-refractivity contribution >= 4 is 28.5 Å². The molecule has 0 atom stereocenters. The third-order valence-corrected chi connectivity index (χ3v) is 3.43. The molecule has 0 aliphatic heterocycles. The zero-order valence-corrected chi connectivity index (χ0v) is 13.4. The van der Waals surface area contributed by atoms with Crippen molar-refractivity contribution in [3.8, 4) is 17.2 Å². The molecule has 0 aromatic heterocycles. The van der Waals surface area contributed by atoms with Crippen LogP contribution in [0.25, 0.3) is 10.8 Å². The number of fused-ring (bicyclic) bond motifs is 1. The van der Waals surface area contributed by atoms with Crippen molar-refractivity contribution in [1.29, 1.82) is 0 Å². The molecule has 25 heavy (non-hydrogen) atoms. The SMILES string of the molecule is CC(=O)Oc1ccc(OC(=O)Nc2cccc3c(O)cccc23)cc1. The summed E-state index contributed by atoms with van der Waals surface area (Å²) in [4.78, 5) is 23.0. The number of ether oxygens (including phenoxy) is 2. The second kappa shape index (κ2) is 6.92. The highest BCUT2D eigenvalue weighted by Gasteiger charge is 2.09. The van der Waals surface area contributed by atoms with Gasteiger partial charge in [-0.1, -0.05) is 24.3 Å². The molecule has 0 heterocycles. The van der Waals surface area contributed by atoms with Gasteiger partial charge in [-0.05, 0) is 36.4 Å². The zero-order valence-electron chi connectivity index (χ0n) is 13.4. The Morgan fingerprint density at radius 1 is 0.840 bits per heavy atom. The summed E-state index contributed by atoms with van der Waals surface area (Å²) in [6.45, 7) is 1.31. The number of anilines is 1. The Bertz CT molecular complexity index is 934. The van der Waals surface area contributed by atoms with Crippen LogP contribution in [0.15, 0.2) is 60.7 Å². The smallest absolute Gasteiger partial charge is 0.417 e. The van der Waals surface area contributed by atoms with Crippen molar-refractivity contribution in [3.05, 3.63) is 60.7 Å². The van der Waals surface area contributed by atoms with Crippen LogP contribution in [-0.2, 0) is 4.79 Å². The molecule has 0 aliphatic rings. The van der Waals surface area contributed by atoms with Crippen LogP contribution in [-0.4, -0.2) is 17.2 Å². The molecular weight excluding hydrogens is 322 g/mol. The minimum atomic E-state index is -0.670. The predicted molar refractivity (Wildman–Crippen MR) is 93.0 cm³/mol. The summed E-state index contributed by atoms with van der Waals surface area (Å²) in [6, 6.07) is 16.4. The highest BCUT2D eigenvalue weighted by molar-refractivity contribution is 6.02. The third kappa shape index (κ3) is 3.87. The minimum absolute atomic E-state index is 0.135. The fourth-order valence-electron chi connectivity index (χ4n) is 2.39. The summed E-state index contributed by atoms with van der Waals surface area (Å²) < 4.78 is 10.1. The number of rotatable bonds is 3. The van der Waals surface area contributed by atoms with Gasteiger partial charge in [0, 0.05) is 17.7 Å². The molecule has 3 aromatic rings. The monoisotopic (exact) mass is 337 g/mol. The molecule has 0 unspecified atom stereocenters. The molecule has 0 bridgehead atoms. The lowest BCUT2D eigenvalue weighted by Gasteiger charge is -2.10. The largest absolute Gasteiger partial charge is 0.507 e. The van der Waals surface area contributed by atoms with E-state index in [1.807, 2.05) is 0 Å². The maximum absolute atomic E-state index is 12.1. The van der Waals surface area contributed by atoms with Crippen molar-refractivity contribution < 1.29 is 24.2 Å². The molecule has 0 saturated heterocycles. The van der Waals surface area contributed by atoms with E-state index in [9.17, 15) is 14.7 Å². The predicted octanol–water partition coefficient (Wildman–Crippen LogP) is 4.08. The molecule has 3 aromatic carbocycles. The Hall–Kier alpha value is -3.54. The maximum atomic E-state index is 12.1. The topological polar surface area (TPSA) is 84.9 Å². The number of phenolic OH excluding ortho intramolecular Hbond substituents is 1. The first-order valence-electron chi connectivity index (χ1n) is 7.51. The van der Waals surface area contributed by atoms with E-state index in [0.717, 1.165) is 0 Å². The van der Waals surface area contributed by atoms with E-state index in [1.54, 1.807) is 36.4 Å². The highest BCUT2D eigenvalue weighted by Crippen LogP contribution is 2.30. The molecule has 6 nitrogen and oxygen atoms in total. The fraction of sp³-hybridized carbons (Fsp3) is 0.0526. The molecule has 3 rings (SSSR count). The van der Waals surface area contributed by atoms with E-state index >= 15 is 0 Å². The van der Waals surface area contributed by atoms with E-state index in [4.69, 9.17) is 9.47 Å². The van der Waals surface area contributed by atoms with Gasteiger partial charge in [-0.25, -0.2) is 4.79 Å². The molecule has 0 fully saturated rings. The molecule has 0 saturated carbocycles. The number of hydrogen-bond acceptors (Lipinski definition) is 5. The fourth-order valence-corrected chi connectivity index (χ4v) is 2.39. The van der Waals surface area contributed by atoms with Crippen LogP contribution in [0.1, 0.15) is 6.92 Å². The summed E-state index contributed by atoms with van der Waals surface area (Å²) in [5.74, 6) is 0.377. The summed E-state index contributed by atoms with van der Waals surface area (Å²) in [7, 11) is 0. The summed E-state index contributed by atoms with van der Waals surface area (Å²) in [6.07, 6.45) is -0.670. The van der Waals surface area contributed by atoms with Crippen LogP contribution in [0.3, 0.4) is 0 Å². The Morgan fingerprint density at radius 3 is 2.12 bits per heavy atom. The Morgan fingerprint density at radius 2 is 1.44 bits per heavy atom. The zero-order chi connectivity index (χ0) is 17.8. The van der Waals surface area contributed by atoms with Crippen LogP contribution in [0.4, 0.5) is 10.5 Å². The van der Waals surface area contributed by atoms with Crippen LogP contribution >= 0.6 is 0 Å². The second-order valence-electron chi connectivity index (χ2n) is 5.26. The van der Waals surface area contributed by atoms with Gasteiger partial charge < -0.3 is 14.6 Å². The number of hydrogen-bond donors (Lipinski definition) is 2. The van der Waals surface area contributed by atoms with Crippen molar-refractivity contribution in [2.45, 2.75) is 6.92 Å². The van der Waals surface area contributed by atoms with Gasteiger partial charge in [-0.3, -0.25) is 10.1 Å². The summed E-state index contributed by atoms with van der Waals surface area (Å²) in [5.41, 5.74) is 0.523. The van der Waals surface area contributed by atoms with E-state index in [-0.39, 0.29) is 5.75 Å². The van der Waals surface area contributed by atoms with Crippen molar-refractivity contribution in [2.75, 3.05) is 5.32 Å². The van der Waals surface area contributed by atoms with Crippen LogP contribution in [0.5, 0.6) is 17.2 Å². The molecule has 0 spiro atoms. The normalized spacial score (nSPS) is 10.3. The highest BCUT2D eigenvalue weighted by atomic mass is 16.6. The number of carbonyl (C=O) groups excluding carboxylic acids is 2. The van der Waals surface area contributed by atoms with Crippen LogP contribution < -0.4 is 14.8 Å². The standard InChI is InChI=1S/C19H15NO5/c1-12(21)24-13-8-10-14(11-9-13)25-19(23)20-17-6-2-5-16-15(17)4-3-7-18(16)22/h2-11,22H,1H3,(H,20,23). The number of carbonyl (C=O) groups is 2. The quantitative estimate of drug-likeness (QED) is 0.555. The van der Waals surface area contributed by atoms with Crippen molar-refractivity contribution in [1.82, 2.24) is 0 Å². The van der Waals surface area contributed by atoms with E-state index < -0.39 is 12.1 Å². The number of nitrogens with one attached hydrogen (secondary N) is 1. The second-order valence-corrected chi connectivity index (χ2v) is 5.26. The van der Waals surface area contributed by atoms with Crippen molar-refractivity contribution in [2.24, 2.45) is 0 Å². The first-order chi connectivity index (χ1) is 12.0. The van der Waals surface area contributed by atoms with Gasteiger partial charge >= 0.3 is 12.1 Å². The Balaban J connectivity index is 1.73. The minimum Gasteiger partial charge on any atom is -0.507 e. The Labute approximate surface area is 143 Å². The average Bonchev–Trinajstić information content (AvgIpc) is 2.57. The third-order valence-electron chi connectivity index (χ3n) is 3.43. The maximum Gasteiger partial charge on any atom is 0.417 e. The van der Waals surface area contributed by atoms with E-state index in [1.165, 1.54) is 31.2 Å². The average molecular weight is 337 g/mol. The molecule has 6 heteroatoms.